The molecule has 1 aliphatic heterocycles. The second kappa shape index (κ2) is 4.73. The Hall–Kier alpha value is -1.24. The maximum atomic E-state index is 12.7. The molecule has 2 atom stereocenters. The van der Waals surface area contributed by atoms with Gasteiger partial charge in [-0.1, -0.05) is 0 Å². The molecule has 5 nitrogen and oxygen atoms in total. The summed E-state index contributed by atoms with van der Waals surface area (Å²) in [7, 11) is 0. The lowest BCUT2D eigenvalue weighted by atomic mass is 10.1. The molecule has 0 aromatic carbocycles. The van der Waals surface area contributed by atoms with Crippen molar-refractivity contribution >= 4 is 11.9 Å². The number of nitrogens with two attached hydrogens (primary N) is 1. The fourth-order valence-corrected chi connectivity index (χ4v) is 1.47. The second-order valence-corrected chi connectivity index (χ2v) is 3.92. The summed E-state index contributed by atoms with van der Waals surface area (Å²) in [5.41, 5.74) is 4.96. The Morgan fingerprint density at radius 2 is 2.38 bits per heavy atom. The number of ether oxygens (including phenoxy) is 1. The summed E-state index contributed by atoms with van der Waals surface area (Å²) < 4.78 is 30.0. The summed E-state index contributed by atoms with van der Waals surface area (Å²) in [5.74, 6) is -5.35. The zero-order valence-corrected chi connectivity index (χ0v) is 8.83. The molecular weight excluding hydrogens is 222 g/mol. The van der Waals surface area contributed by atoms with Crippen LogP contribution in [0.4, 0.5) is 8.78 Å². The molecule has 7 heteroatoms. The predicted molar refractivity (Wildman–Crippen MR) is 50.7 cm³/mol. The van der Waals surface area contributed by atoms with Crippen LogP contribution in [0.5, 0.6) is 0 Å². The topological polar surface area (TPSA) is 81.4 Å². The number of primary amides is 1. The standard InChI is InChI=1S/C9H14F2N2O3/c1-5(2-7(12)14)13-4-6-3-9(10,11)8(15)16-6/h5-6,13H,2-4H2,1H3,(H2,12,14). The van der Waals surface area contributed by atoms with Gasteiger partial charge in [-0.2, -0.15) is 8.78 Å². The van der Waals surface area contributed by atoms with E-state index >= 15 is 0 Å². The Morgan fingerprint density at radius 3 is 2.81 bits per heavy atom. The number of esters is 1. The van der Waals surface area contributed by atoms with Crippen molar-refractivity contribution in [1.82, 2.24) is 5.32 Å². The fraction of sp³-hybridized carbons (Fsp3) is 0.778. The monoisotopic (exact) mass is 236 g/mol. The molecule has 16 heavy (non-hydrogen) atoms. The molecule has 1 heterocycles. The molecule has 0 radical (unpaired) electrons. The van der Waals surface area contributed by atoms with Gasteiger partial charge in [0.2, 0.25) is 5.91 Å². The van der Waals surface area contributed by atoms with Crippen LogP contribution >= 0.6 is 0 Å². The van der Waals surface area contributed by atoms with Crippen molar-refractivity contribution in [2.24, 2.45) is 5.73 Å². The lowest BCUT2D eigenvalue weighted by molar-refractivity contribution is -0.159. The molecule has 0 saturated carbocycles. The first-order valence-electron chi connectivity index (χ1n) is 4.92. The van der Waals surface area contributed by atoms with Crippen molar-refractivity contribution in [2.75, 3.05) is 6.54 Å². The van der Waals surface area contributed by atoms with Gasteiger partial charge in [0.25, 0.3) is 0 Å². The number of carbonyl (C=O) groups excluding carboxylic acids is 2. The van der Waals surface area contributed by atoms with Crippen molar-refractivity contribution in [1.29, 1.82) is 0 Å². The molecule has 1 saturated heterocycles. The zero-order chi connectivity index (χ0) is 12.3. The van der Waals surface area contributed by atoms with Gasteiger partial charge in [-0.05, 0) is 6.92 Å². The average Bonchev–Trinajstić information content (AvgIpc) is 2.36. The SMILES string of the molecule is CC(CC(N)=O)NCC1CC(F)(F)C(=O)O1. The van der Waals surface area contributed by atoms with E-state index in [9.17, 15) is 18.4 Å². The van der Waals surface area contributed by atoms with Crippen molar-refractivity contribution in [3.63, 3.8) is 0 Å². The van der Waals surface area contributed by atoms with Gasteiger partial charge in [0.1, 0.15) is 6.10 Å². The molecule has 1 fully saturated rings. The molecule has 0 aliphatic carbocycles. The van der Waals surface area contributed by atoms with Gasteiger partial charge in [-0.3, -0.25) is 4.79 Å². The van der Waals surface area contributed by atoms with E-state index in [0.717, 1.165) is 0 Å². The van der Waals surface area contributed by atoms with E-state index in [1.807, 2.05) is 0 Å². The summed E-state index contributed by atoms with van der Waals surface area (Å²) in [6.07, 6.45) is -1.36. The van der Waals surface area contributed by atoms with Gasteiger partial charge in [-0.15, -0.1) is 0 Å². The van der Waals surface area contributed by atoms with Gasteiger partial charge in [-0.25, -0.2) is 4.79 Å². The number of hydrogen-bond donors (Lipinski definition) is 2. The lowest BCUT2D eigenvalue weighted by Gasteiger charge is -2.14. The van der Waals surface area contributed by atoms with E-state index < -0.39 is 30.3 Å². The van der Waals surface area contributed by atoms with Crippen LogP contribution in [0, 0.1) is 0 Å². The number of alkyl halides is 2. The Kier molecular flexibility index (Phi) is 3.79. The molecular formula is C9H14F2N2O3. The van der Waals surface area contributed by atoms with E-state index in [0.29, 0.717) is 0 Å². The second-order valence-electron chi connectivity index (χ2n) is 3.92. The Bertz CT molecular complexity index is 296. The van der Waals surface area contributed by atoms with Crippen LogP contribution in [0.2, 0.25) is 0 Å². The lowest BCUT2D eigenvalue weighted by Crippen LogP contribution is -2.36. The van der Waals surface area contributed by atoms with Crippen LogP contribution in [0.15, 0.2) is 0 Å². The summed E-state index contributed by atoms with van der Waals surface area (Å²) in [6, 6.07) is -0.231. The van der Waals surface area contributed by atoms with Crippen molar-refractivity contribution in [3.05, 3.63) is 0 Å². The third-order valence-electron chi connectivity index (χ3n) is 2.26. The summed E-state index contributed by atoms with van der Waals surface area (Å²) in [6.45, 7) is 1.79. The summed E-state index contributed by atoms with van der Waals surface area (Å²) in [5, 5.41) is 2.80. The van der Waals surface area contributed by atoms with Crippen LogP contribution in [0.1, 0.15) is 19.8 Å². The minimum absolute atomic E-state index is 0.0930. The summed E-state index contributed by atoms with van der Waals surface area (Å²) in [4.78, 5) is 21.2. The highest BCUT2D eigenvalue weighted by molar-refractivity contribution is 5.79. The number of carbonyl (C=O) groups is 2. The highest BCUT2D eigenvalue weighted by Gasteiger charge is 2.50. The molecule has 2 unspecified atom stereocenters. The van der Waals surface area contributed by atoms with Gasteiger partial charge in [0.05, 0.1) is 6.42 Å². The van der Waals surface area contributed by atoms with E-state index in [4.69, 9.17) is 5.73 Å². The number of nitrogens with one attached hydrogen (secondary N) is 1. The third-order valence-corrected chi connectivity index (χ3v) is 2.26. The normalized spacial score (nSPS) is 25.2. The Labute approximate surface area is 91.3 Å². The van der Waals surface area contributed by atoms with Gasteiger partial charge >= 0.3 is 11.9 Å². The average molecular weight is 236 g/mol. The molecule has 1 rings (SSSR count). The number of amides is 1. The number of cyclic esters (lactones) is 1. The van der Waals surface area contributed by atoms with Gasteiger partial charge in [0, 0.05) is 19.0 Å². The van der Waals surface area contributed by atoms with Crippen molar-refractivity contribution < 1.29 is 23.1 Å². The van der Waals surface area contributed by atoms with Crippen LogP contribution in [-0.4, -0.2) is 36.5 Å². The molecule has 3 N–H and O–H groups in total. The minimum Gasteiger partial charge on any atom is -0.456 e. The van der Waals surface area contributed by atoms with Crippen molar-refractivity contribution in [3.8, 4) is 0 Å². The fourth-order valence-electron chi connectivity index (χ4n) is 1.47. The Morgan fingerprint density at radius 1 is 1.75 bits per heavy atom. The molecule has 1 amide bonds. The largest absolute Gasteiger partial charge is 0.456 e. The number of hydrogen-bond acceptors (Lipinski definition) is 4. The highest BCUT2D eigenvalue weighted by Crippen LogP contribution is 2.30. The number of halogens is 2. The van der Waals surface area contributed by atoms with E-state index in [1.165, 1.54) is 0 Å². The first-order chi connectivity index (χ1) is 7.31. The van der Waals surface area contributed by atoms with Crippen LogP contribution in [0.25, 0.3) is 0 Å². The number of rotatable bonds is 5. The third kappa shape index (κ3) is 3.41. The maximum absolute atomic E-state index is 12.7. The smallest absolute Gasteiger partial charge is 0.377 e. The van der Waals surface area contributed by atoms with Crippen LogP contribution in [0.3, 0.4) is 0 Å². The molecule has 0 aromatic rings. The summed E-state index contributed by atoms with van der Waals surface area (Å²) >= 11 is 0. The van der Waals surface area contributed by atoms with Gasteiger partial charge < -0.3 is 15.8 Å². The van der Waals surface area contributed by atoms with Gasteiger partial charge in [0.15, 0.2) is 0 Å². The van der Waals surface area contributed by atoms with E-state index in [-0.39, 0.29) is 19.0 Å². The molecule has 0 spiro atoms. The van der Waals surface area contributed by atoms with E-state index in [2.05, 4.69) is 10.1 Å². The molecule has 0 bridgehead atoms. The molecule has 0 aromatic heterocycles. The predicted octanol–water partition coefficient (Wildman–Crippen LogP) is -0.209. The van der Waals surface area contributed by atoms with Crippen LogP contribution < -0.4 is 11.1 Å². The quantitative estimate of drug-likeness (QED) is 0.647. The van der Waals surface area contributed by atoms with Crippen molar-refractivity contribution in [2.45, 2.75) is 37.8 Å². The highest BCUT2D eigenvalue weighted by atomic mass is 19.3. The minimum atomic E-state index is -3.39. The first-order valence-corrected chi connectivity index (χ1v) is 4.92. The van der Waals surface area contributed by atoms with Crippen LogP contribution in [-0.2, 0) is 14.3 Å². The van der Waals surface area contributed by atoms with E-state index in [1.54, 1.807) is 6.92 Å². The Balaban J connectivity index is 2.30. The maximum Gasteiger partial charge on any atom is 0.377 e. The zero-order valence-electron chi connectivity index (χ0n) is 8.83. The molecule has 1 aliphatic rings. The first kappa shape index (κ1) is 12.8. The molecule has 92 valence electrons.